The van der Waals surface area contributed by atoms with E-state index in [-0.39, 0.29) is 12.4 Å². The Balaban J connectivity index is 0.00000144. The van der Waals surface area contributed by atoms with Gasteiger partial charge in [-0.1, -0.05) is 18.9 Å². The van der Waals surface area contributed by atoms with Crippen LogP contribution in [0.25, 0.3) is 16.2 Å². The number of hydrogen-bond acceptors (Lipinski definition) is 3. The van der Waals surface area contributed by atoms with Crippen molar-refractivity contribution in [2.75, 3.05) is 5.32 Å². The molecule has 0 unspecified atom stereocenters. The lowest BCUT2D eigenvalue weighted by atomic mass is 10.2. The molecular formula is C17H20ClN3S. The Bertz CT molecular complexity index is 758. The predicted octanol–water partition coefficient (Wildman–Crippen LogP) is 5.15. The van der Waals surface area contributed by atoms with Crippen LogP contribution in [0, 0.1) is 6.92 Å². The number of hydrogen-bond donors (Lipinski definition) is 1. The first-order valence-corrected chi connectivity index (χ1v) is 8.48. The van der Waals surface area contributed by atoms with Gasteiger partial charge >= 0.3 is 0 Å². The van der Waals surface area contributed by atoms with Crippen LogP contribution in [0.3, 0.4) is 0 Å². The molecule has 0 saturated heterocycles. The maximum absolute atomic E-state index is 4.87. The lowest BCUT2D eigenvalue weighted by Gasteiger charge is -2.14. The number of rotatable bonds is 3. The second-order valence-electron chi connectivity index (χ2n) is 5.84. The summed E-state index contributed by atoms with van der Waals surface area (Å²) in [6.07, 6.45) is 7.34. The minimum absolute atomic E-state index is 0. The monoisotopic (exact) mass is 333 g/mol. The van der Waals surface area contributed by atoms with Crippen LogP contribution in [0.5, 0.6) is 0 Å². The van der Waals surface area contributed by atoms with E-state index >= 15 is 0 Å². The number of nitrogens with one attached hydrogen (secondary N) is 1. The molecule has 0 aromatic carbocycles. The minimum Gasteiger partial charge on any atom is -0.367 e. The van der Waals surface area contributed by atoms with Gasteiger partial charge in [0.25, 0.3) is 0 Å². The number of halogens is 1. The fourth-order valence-corrected chi connectivity index (χ4v) is 3.85. The normalized spacial score (nSPS) is 15.1. The summed E-state index contributed by atoms with van der Waals surface area (Å²) in [7, 11) is 0. The van der Waals surface area contributed by atoms with Crippen molar-refractivity contribution < 1.29 is 0 Å². The molecule has 0 spiro atoms. The first-order chi connectivity index (χ1) is 10.3. The molecule has 1 aliphatic rings. The average Bonchev–Trinajstić information content (AvgIpc) is 3.19. The Morgan fingerprint density at radius 1 is 1.27 bits per heavy atom. The van der Waals surface area contributed by atoms with Gasteiger partial charge in [0.05, 0.1) is 4.88 Å². The summed E-state index contributed by atoms with van der Waals surface area (Å²) in [5, 5.41) is 5.86. The Kier molecular flexibility index (Phi) is 4.41. The van der Waals surface area contributed by atoms with Crippen molar-refractivity contribution in [3.05, 3.63) is 41.4 Å². The molecule has 0 amide bonds. The highest BCUT2D eigenvalue weighted by atomic mass is 35.5. The van der Waals surface area contributed by atoms with Crippen molar-refractivity contribution >= 4 is 35.2 Å². The van der Waals surface area contributed by atoms with E-state index in [1.807, 2.05) is 0 Å². The van der Waals surface area contributed by atoms with Crippen LogP contribution in [0.4, 0.5) is 5.82 Å². The molecule has 3 aromatic heterocycles. The topological polar surface area (TPSA) is 29.3 Å². The minimum atomic E-state index is 0. The number of nitrogens with zero attached hydrogens (tertiary/aromatic N) is 2. The summed E-state index contributed by atoms with van der Waals surface area (Å²) >= 11 is 1.75. The lowest BCUT2D eigenvalue weighted by Crippen LogP contribution is -2.16. The molecular weight excluding hydrogens is 314 g/mol. The van der Waals surface area contributed by atoms with E-state index in [9.17, 15) is 0 Å². The van der Waals surface area contributed by atoms with Gasteiger partial charge in [-0.3, -0.25) is 4.40 Å². The van der Waals surface area contributed by atoms with Gasteiger partial charge < -0.3 is 5.32 Å². The molecule has 0 atom stereocenters. The van der Waals surface area contributed by atoms with Crippen molar-refractivity contribution in [3.63, 3.8) is 0 Å². The van der Waals surface area contributed by atoms with Gasteiger partial charge in [0.2, 0.25) is 0 Å². The fourth-order valence-electron chi connectivity index (χ4n) is 3.13. The molecule has 5 heteroatoms. The molecule has 0 bridgehead atoms. The summed E-state index contributed by atoms with van der Waals surface area (Å²) in [4.78, 5) is 6.10. The SMILES string of the molecule is Cc1ccn2c(NC3CCCC3)c(-c3cccs3)nc2c1.Cl. The van der Waals surface area contributed by atoms with E-state index in [0.717, 1.165) is 17.2 Å². The van der Waals surface area contributed by atoms with Crippen LogP contribution in [-0.4, -0.2) is 15.4 Å². The van der Waals surface area contributed by atoms with Gasteiger partial charge in [0, 0.05) is 12.2 Å². The predicted molar refractivity (Wildman–Crippen MR) is 96.4 cm³/mol. The number of aryl methyl sites for hydroxylation is 1. The standard InChI is InChI=1S/C17H19N3S.ClH/c1-12-8-9-20-15(11-12)19-16(14-7-4-10-21-14)17(20)18-13-5-2-3-6-13;/h4,7-11,13,18H,2-3,5-6H2,1H3;1H. The first kappa shape index (κ1) is 15.4. The van der Waals surface area contributed by atoms with Crippen molar-refractivity contribution in [1.82, 2.24) is 9.38 Å². The van der Waals surface area contributed by atoms with E-state index in [2.05, 4.69) is 52.5 Å². The largest absolute Gasteiger partial charge is 0.367 e. The number of aromatic nitrogens is 2. The molecule has 22 heavy (non-hydrogen) atoms. The third-order valence-corrected chi connectivity index (χ3v) is 5.11. The highest BCUT2D eigenvalue weighted by Gasteiger charge is 2.20. The molecule has 3 heterocycles. The molecule has 0 radical (unpaired) electrons. The number of anilines is 1. The molecule has 4 rings (SSSR count). The van der Waals surface area contributed by atoms with Crippen LogP contribution < -0.4 is 5.32 Å². The third-order valence-electron chi connectivity index (χ3n) is 4.23. The molecule has 0 aliphatic heterocycles. The van der Waals surface area contributed by atoms with Crippen LogP contribution >= 0.6 is 23.7 Å². The van der Waals surface area contributed by atoms with Gasteiger partial charge in [0.1, 0.15) is 17.2 Å². The van der Waals surface area contributed by atoms with E-state index in [0.29, 0.717) is 6.04 Å². The van der Waals surface area contributed by atoms with E-state index < -0.39 is 0 Å². The maximum Gasteiger partial charge on any atom is 0.139 e. The second-order valence-corrected chi connectivity index (χ2v) is 6.79. The Hall–Kier alpha value is -1.52. The van der Waals surface area contributed by atoms with E-state index in [1.165, 1.54) is 36.1 Å². The van der Waals surface area contributed by atoms with Gasteiger partial charge in [0.15, 0.2) is 0 Å². The summed E-state index contributed by atoms with van der Waals surface area (Å²) in [5.74, 6) is 1.15. The maximum atomic E-state index is 4.87. The number of imidazole rings is 1. The van der Waals surface area contributed by atoms with Gasteiger partial charge in [-0.05, 0) is 48.9 Å². The third kappa shape index (κ3) is 2.73. The summed E-state index contributed by atoms with van der Waals surface area (Å²) in [5.41, 5.74) is 3.36. The van der Waals surface area contributed by atoms with Crippen molar-refractivity contribution in [2.24, 2.45) is 0 Å². The zero-order valence-corrected chi connectivity index (χ0v) is 14.2. The average molecular weight is 334 g/mol. The zero-order chi connectivity index (χ0) is 14.2. The molecule has 1 fully saturated rings. The van der Waals surface area contributed by atoms with Crippen LogP contribution in [0.15, 0.2) is 35.8 Å². The lowest BCUT2D eigenvalue weighted by molar-refractivity contribution is 0.749. The van der Waals surface area contributed by atoms with Gasteiger partial charge in [-0.25, -0.2) is 4.98 Å². The van der Waals surface area contributed by atoms with Crippen molar-refractivity contribution in [3.8, 4) is 10.6 Å². The Morgan fingerprint density at radius 2 is 2.09 bits per heavy atom. The molecule has 1 saturated carbocycles. The number of fused-ring (bicyclic) bond motifs is 1. The molecule has 1 aliphatic carbocycles. The molecule has 3 aromatic rings. The van der Waals surface area contributed by atoms with Gasteiger partial charge in [-0.2, -0.15) is 0 Å². The summed E-state index contributed by atoms with van der Waals surface area (Å²) < 4.78 is 2.19. The highest BCUT2D eigenvalue weighted by Crippen LogP contribution is 2.34. The van der Waals surface area contributed by atoms with Crippen LogP contribution in [-0.2, 0) is 0 Å². The highest BCUT2D eigenvalue weighted by molar-refractivity contribution is 7.13. The Labute approximate surface area is 140 Å². The quantitative estimate of drug-likeness (QED) is 0.718. The van der Waals surface area contributed by atoms with Gasteiger partial charge in [-0.15, -0.1) is 23.7 Å². The summed E-state index contributed by atoms with van der Waals surface area (Å²) in [6, 6.07) is 9.13. The molecule has 3 nitrogen and oxygen atoms in total. The number of pyridine rings is 1. The van der Waals surface area contributed by atoms with Crippen molar-refractivity contribution in [1.29, 1.82) is 0 Å². The van der Waals surface area contributed by atoms with Crippen LogP contribution in [0.1, 0.15) is 31.2 Å². The van der Waals surface area contributed by atoms with E-state index in [1.54, 1.807) is 11.3 Å². The first-order valence-electron chi connectivity index (χ1n) is 7.60. The Morgan fingerprint density at radius 3 is 2.82 bits per heavy atom. The van der Waals surface area contributed by atoms with Crippen LogP contribution in [0.2, 0.25) is 0 Å². The smallest absolute Gasteiger partial charge is 0.139 e. The summed E-state index contributed by atoms with van der Waals surface area (Å²) in [6.45, 7) is 2.11. The second kappa shape index (κ2) is 6.31. The van der Waals surface area contributed by atoms with Crippen molar-refractivity contribution in [2.45, 2.75) is 38.6 Å². The zero-order valence-electron chi connectivity index (χ0n) is 12.6. The molecule has 1 N–H and O–H groups in total. The molecule has 116 valence electrons. The number of thiophene rings is 1. The van der Waals surface area contributed by atoms with E-state index in [4.69, 9.17) is 4.98 Å². The fraction of sp³-hybridized carbons (Fsp3) is 0.353.